The van der Waals surface area contributed by atoms with Crippen LogP contribution in [-0.4, -0.2) is 12.2 Å². The minimum absolute atomic E-state index is 0.0650. The lowest BCUT2D eigenvalue weighted by Crippen LogP contribution is -2.02. The summed E-state index contributed by atoms with van der Waals surface area (Å²) in [5, 5.41) is 19.2. The maximum atomic E-state index is 12.2. The highest BCUT2D eigenvalue weighted by molar-refractivity contribution is 5.82. The molecular weight excluding hydrogens is 282 g/mol. The van der Waals surface area contributed by atoms with E-state index in [0.29, 0.717) is 22.5 Å². The zero-order valence-corrected chi connectivity index (χ0v) is 11.7. The maximum absolute atomic E-state index is 12.2. The molecular formula is C17H11NO4. The van der Waals surface area contributed by atoms with Crippen molar-refractivity contribution in [3.05, 3.63) is 58.3 Å². The average molecular weight is 293 g/mol. The molecule has 0 aliphatic rings. The van der Waals surface area contributed by atoms with Crippen LogP contribution in [0.1, 0.15) is 5.56 Å². The highest BCUT2D eigenvalue weighted by Gasteiger charge is 2.15. The Labute approximate surface area is 125 Å². The number of hydrogen-bond donors (Lipinski definition) is 1. The van der Waals surface area contributed by atoms with Gasteiger partial charge in [0.2, 0.25) is 11.2 Å². The van der Waals surface area contributed by atoms with E-state index < -0.39 is 11.2 Å². The lowest BCUT2D eigenvalue weighted by Gasteiger charge is -2.07. The molecule has 0 unspecified atom stereocenters. The van der Waals surface area contributed by atoms with Crippen molar-refractivity contribution in [3.63, 3.8) is 0 Å². The Bertz CT molecular complexity index is 949. The van der Waals surface area contributed by atoms with E-state index in [0.717, 1.165) is 0 Å². The first kappa shape index (κ1) is 13.7. The van der Waals surface area contributed by atoms with Gasteiger partial charge in [0, 0.05) is 11.6 Å². The number of fused-ring (bicyclic) bond motifs is 1. The summed E-state index contributed by atoms with van der Waals surface area (Å²) in [5.74, 6) is 0.157. The molecule has 0 bridgehead atoms. The molecule has 2 aromatic carbocycles. The minimum Gasteiger partial charge on any atom is -0.502 e. The first-order valence-electron chi connectivity index (χ1n) is 6.48. The van der Waals surface area contributed by atoms with Crippen molar-refractivity contribution in [2.75, 3.05) is 7.11 Å². The van der Waals surface area contributed by atoms with Crippen molar-refractivity contribution in [1.82, 2.24) is 0 Å². The van der Waals surface area contributed by atoms with Gasteiger partial charge in [0.15, 0.2) is 5.76 Å². The highest BCUT2D eigenvalue weighted by atomic mass is 16.5. The number of benzene rings is 2. The predicted octanol–water partition coefficient (Wildman–Crippen LogP) is 3.05. The first-order valence-corrected chi connectivity index (χ1v) is 6.48. The Hall–Kier alpha value is -3.26. The lowest BCUT2D eigenvalue weighted by atomic mass is 10.1. The molecule has 5 heteroatoms. The third-order valence-corrected chi connectivity index (χ3v) is 3.35. The molecule has 0 spiro atoms. The van der Waals surface area contributed by atoms with Gasteiger partial charge in [-0.2, -0.15) is 5.26 Å². The second-order valence-electron chi connectivity index (χ2n) is 4.66. The average Bonchev–Trinajstić information content (AvgIpc) is 2.57. The molecule has 0 aliphatic heterocycles. The Morgan fingerprint density at radius 3 is 2.55 bits per heavy atom. The molecule has 0 atom stereocenters. The monoisotopic (exact) mass is 293 g/mol. The van der Waals surface area contributed by atoms with Gasteiger partial charge in [0.05, 0.1) is 24.1 Å². The molecule has 1 aromatic heterocycles. The van der Waals surface area contributed by atoms with E-state index in [-0.39, 0.29) is 11.1 Å². The zero-order chi connectivity index (χ0) is 15.7. The molecule has 0 saturated carbocycles. The second-order valence-corrected chi connectivity index (χ2v) is 4.66. The summed E-state index contributed by atoms with van der Waals surface area (Å²) in [7, 11) is 1.52. The Kier molecular flexibility index (Phi) is 3.28. The van der Waals surface area contributed by atoms with Crippen LogP contribution in [0.3, 0.4) is 0 Å². The van der Waals surface area contributed by atoms with Crippen molar-refractivity contribution in [2.45, 2.75) is 0 Å². The van der Waals surface area contributed by atoms with E-state index in [1.807, 2.05) is 6.07 Å². The van der Waals surface area contributed by atoms with Gasteiger partial charge in [0.25, 0.3) is 0 Å². The largest absolute Gasteiger partial charge is 0.502 e. The second kappa shape index (κ2) is 5.26. The maximum Gasteiger partial charge on any atom is 0.235 e. The van der Waals surface area contributed by atoms with Crippen LogP contribution >= 0.6 is 0 Å². The van der Waals surface area contributed by atoms with E-state index >= 15 is 0 Å². The number of rotatable bonds is 2. The molecule has 3 aromatic rings. The Balaban J connectivity index is 2.26. The molecule has 0 saturated heterocycles. The fraction of sp³-hybridized carbons (Fsp3) is 0.0588. The molecule has 0 fully saturated rings. The van der Waals surface area contributed by atoms with Crippen molar-refractivity contribution < 1.29 is 14.3 Å². The van der Waals surface area contributed by atoms with Crippen molar-refractivity contribution in [3.8, 4) is 28.9 Å². The van der Waals surface area contributed by atoms with Crippen LogP contribution in [0.2, 0.25) is 0 Å². The topological polar surface area (TPSA) is 83.5 Å². The number of hydrogen-bond acceptors (Lipinski definition) is 5. The van der Waals surface area contributed by atoms with E-state index in [1.165, 1.54) is 7.11 Å². The first-order chi connectivity index (χ1) is 10.6. The van der Waals surface area contributed by atoms with Gasteiger partial charge in [-0.3, -0.25) is 4.79 Å². The molecule has 108 valence electrons. The summed E-state index contributed by atoms with van der Waals surface area (Å²) < 4.78 is 10.8. The molecule has 1 heterocycles. The fourth-order valence-corrected chi connectivity index (χ4v) is 2.18. The number of nitrogens with zero attached hydrogens (tertiary/aromatic N) is 1. The number of aromatic hydroxyl groups is 1. The van der Waals surface area contributed by atoms with E-state index in [1.54, 1.807) is 42.5 Å². The summed E-state index contributed by atoms with van der Waals surface area (Å²) >= 11 is 0. The van der Waals surface area contributed by atoms with Gasteiger partial charge >= 0.3 is 0 Å². The standard InChI is InChI=1S/C17H11NO4/c1-21-12-6-7-13-14(8-12)22-17(16(20)15(13)19)11-4-2-10(9-18)3-5-11/h2-8,20H,1H3. The van der Waals surface area contributed by atoms with Gasteiger partial charge in [-0.25, -0.2) is 0 Å². The van der Waals surface area contributed by atoms with Crippen LogP contribution in [0.25, 0.3) is 22.3 Å². The van der Waals surface area contributed by atoms with Crippen LogP contribution < -0.4 is 10.2 Å². The normalized spacial score (nSPS) is 10.4. The lowest BCUT2D eigenvalue weighted by molar-refractivity contribution is 0.413. The van der Waals surface area contributed by atoms with E-state index in [4.69, 9.17) is 14.4 Å². The van der Waals surface area contributed by atoms with Crippen molar-refractivity contribution in [1.29, 1.82) is 5.26 Å². The Morgan fingerprint density at radius 2 is 1.91 bits per heavy atom. The third-order valence-electron chi connectivity index (χ3n) is 3.35. The van der Waals surface area contributed by atoms with Crippen LogP contribution in [-0.2, 0) is 0 Å². The summed E-state index contributed by atoms with van der Waals surface area (Å²) in [4.78, 5) is 12.2. The fourth-order valence-electron chi connectivity index (χ4n) is 2.18. The van der Waals surface area contributed by atoms with Gasteiger partial charge < -0.3 is 14.3 Å². The van der Waals surface area contributed by atoms with Gasteiger partial charge in [0.1, 0.15) is 11.3 Å². The smallest absolute Gasteiger partial charge is 0.235 e. The number of ether oxygens (including phenoxy) is 1. The summed E-state index contributed by atoms with van der Waals surface area (Å²) in [6, 6.07) is 13.2. The van der Waals surface area contributed by atoms with Crippen molar-refractivity contribution in [2.24, 2.45) is 0 Å². The quantitative estimate of drug-likeness (QED) is 0.785. The SMILES string of the molecule is COc1ccc2c(=O)c(O)c(-c3ccc(C#N)cc3)oc2c1. The summed E-state index contributed by atoms with van der Waals surface area (Å²) in [6.07, 6.45) is 0. The minimum atomic E-state index is -0.511. The predicted molar refractivity (Wildman–Crippen MR) is 80.9 cm³/mol. The molecule has 3 rings (SSSR count). The molecule has 0 radical (unpaired) electrons. The van der Waals surface area contributed by atoms with Crippen LogP contribution in [0.4, 0.5) is 0 Å². The molecule has 5 nitrogen and oxygen atoms in total. The van der Waals surface area contributed by atoms with E-state index in [9.17, 15) is 9.90 Å². The summed E-state index contributed by atoms with van der Waals surface area (Å²) in [6.45, 7) is 0. The zero-order valence-electron chi connectivity index (χ0n) is 11.7. The van der Waals surface area contributed by atoms with Crippen molar-refractivity contribution >= 4 is 11.0 Å². The third kappa shape index (κ3) is 2.17. The summed E-state index contributed by atoms with van der Waals surface area (Å²) in [5.41, 5.74) is 0.802. The molecule has 1 N–H and O–H groups in total. The molecule has 0 aliphatic carbocycles. The molecule has 0 amide bonds. The Morgan fingerprint density at radius 1 is 1.18 bits per heavy atom. The van der Waals surface area contributed by atoms with Gasteiger partial charge in [-0.1, -0.05) is 0 Å². The van der Waals surface area contributed by atoms with Gasteiger partial charge in [-0.15, -0.1) is 0 Å². The van der Waals surface area contributed by atoms with Crippen LogP contribution in [0.5, 0.6) is 11.5 Å². The highest BCUT2D eigenvalue weighted by Crippen LogP contribution is 2.31. The molecule has 22 heavy (non-hydrogen) atoms. The van der Waals surface area contributed by atoms with Crippen LogP contribution in [0.15, 0.2) is 51.7 Å². The number of nitriles is 1. The van der Waals surface area contributed by atoms with Crippen LogP contribution in [0, 0.1) is 11.3 Å². The van der Waals surface area contributed by atoms with Gasteiger partial charge in [-0.05, 0) is 36.4 Å². The van der Waals surface area contributed by atoms with E-state index in [2.05, 4.69) is 0 Å². The number of methoxy groups -OCH3 is 1.